The smallest absolute Gasteiger partial charge is 0.393 e. The van der Waals surface area contributed by atoms with Gasteiger partial charge in [0.15, 0.2) is 0 Å². The Labute approximate surface area is 80.1 Å². The van der Waals surface area contributed by atoms with Crippen LogP contribution in [0.2, 0.25) is 0 Å². The van der Waals surface area contributed by atoms with Crippen molar-refractivity contribution in [1.82, 2.24) is 0 Å². The Morgan fingerprint density at radius 3 is 2.29 bits per heavy atom. The summed E-state index contributed by atoms with van der Waals surface area (Å²) in [4.78, 5) is 29.0. The number of ether oxygens (including phenoxy) is 1. The van der Waals surface area contributed by atoms with E-state index in [1.54, 1.807) is 30.3 Å². The number of rotatable bonds is 1. The molecule has 0 aliphatic heterocycles. The maximum Gasteiger partial charge on any atom is 0.555 e. The highest BCUT2D eigenvalue weighted by molar-refractivity contribution is 5.68. The van der Waals surface area contributed by atoms with Crippen LogP contribution in [0, 0.1) is 0 Å². The summed E-state index contributed by atoms with van der Waals surface area (Å²) in [6.45, 7) is 1.11. The van der Waals surface area contributed by atoms with Crippen molar-refractivity contribution in [3.8, 4) is 5.75 Å². The van der Waals surface area contributed by atoms with Crippen LogP contribution in [-0.4, -0.2) is 12.1 Å². The van der Waals surface area contributed by atoms with E-state index in [-0.39, 0.29) is 0 Å². The zero-order valence-electron chi connectivity index (χ0n) is 7.43. The van der Waals surface area contributed by atoms with Crippen LogP contribution < -0.4 is 4.74 Å². The van der Waals surface area contributed by atoms with Crippen LogP contribution in [-0.2, 0) is 14.6 Å². The van der Waals surface area contributed by atoms with E-state index < -0.39 is 12.1 Å². The van der Waals surface area contributed by atoms with Gasteiger partial charge in [0.1, 0.15) is 5.75 Å². The summed E-state index contributed by atoms with van der Waals surface area (Å²) in [5.74, 6) is -0.417. The third-order valence-corrected chi connectivity index (χ3v) is 1.17. The summed E-state index contributed by atoms with van der Waals surface area (Å²) >= 11 is 0. The summed E-state index contributed by atoms with van der Waals surface area (Å²) in [7, 11) is 0. The maximum absolute atomic E-state index is 10.8. The molecular formula is C9H8O5. The van der Waals surface area contributed by atoms with Crippen LogP contribution in [0.4, 0.5) is 4.79 Å². The lowest BCUT2D eigenvalue weighted by atomic mass is 10.3. The average molecular weight is 196 g/mol. The van der Waals surface area contributed by atoms with Gasteiger partial charge in [-0.3, -0.25) is 0 Å². The topological polar surface area (TPSA) is 61.8 Å². The number of hydrogen-bond donors (Lipinski definition) is 0. The Kier molecular flexibility index (Phi) is 3.49. The third-order valence-electron chi connectivity index (χ3n) is 1.17. The van der Waals surface area contributed by atoms with Crippen LogP contribution in [0.25, 0.3) is 0 Å². The van der Waals surface area contributed by atoms with Gasteiger partial charge in [0.05, 0.1) is 0 Å². The molecule has 5 heteroatoms. The molecule has 1 rings (SSSR count). The molecule has 0 atom stereocenters. The lowest BCUT2D eigenvalue weighted by Crippen LogP contribution is -2.12. The van der Waals surface area contributed by atoms with Gasteiger partial charge < -0.3 is 4.74 Å². The first kappa shape index (κ1) is 10.0. The van der Waals surface area contributed by atoms with E-state index in [0.717, 1.165) is 6.92 Å². The van der Waals surface area contributed by atoms with Crippen LogP contribution in [0.3, 0.4) is 0 Å². The first-order valence-electron chi connectivity index (χ1n) is 3.80. The van der Waals surface area contributed by atoms with Gasteiger partial charge in [-0.15, -0.1) is 0 Å². The zero-order chi connectivity index (χ0) is 10.4. The molecule has 0 heterocycles. The Morgan fingerprint density at radius 2 is 1.71 bits per heavy atom. The molecule has 0 aliphatic carbocycles. The molecular weight excluding hydrogens is 188 g/mol. The second-order valence-electron chi connectivity index (χ2n) is 2.32. The summed E-state index contributed by atoms with van der Waals surface area (Å²) in [5, 5.41) is 0. The van der Waals surface area contributed by atoms with Crippen LogP contribution in [0.15, 0.2) is 30.3 Å². The Bertz CT molecular complexity index is 319. The second kappa shape index (κ2) is 4.86. The first-order chi connectivity index (χ1) is 6.68. The van der Waals surface area contributed by atoms with Crippen molar-refractivity contribution >= 4 is 12.1 Å². The van der Waals surface area contributed by atoms with Gasteiger partial charge in [-0.25, -0.2) is 14.6 Å². The van der Waals surface area contributed by atoms with Crippen LogP contribution in [0.1, 0.15) is 6.92 Å². The second-order valence-corrected chi connectivity index (χ2v) is 2.32. The number of para-hydroxylation sites is 1. The van der Waals surface area contributed by atoms with Gasteiger partial charge in [-0.05, 0) is 12.1 Å². The highest BCUT2D eigenvalue weighted by atomic mass is 17.2. The molecule has 0 fully saturated rings. The number of hydrogen-bond acceptors (Lipinski definition) is 5. The molecule has 0 spiro atoms. The molecule has 0 aliphatic rings. The predicted octanol–water partition coefficient (Wildman–Crippen LogP) is 1.68. The van der Waals surface area contributed by atoms with Crippen molar-refractivity contribution in [2.45, 2.75) is 6.92 Å². The highest BCUT2D eigenvalue weighted by Crippen LogP contribution is 2.08. The van der Waals surface area contributed by atoms with Gasteiger partial charge in [0.25, 0.3) is 0 Å². The largest absolute Gasteiger partial charge is 0.555 e. The van der Waals surface area contributed by atoms with Crippen LogP contribution in [0.5, 0.6) is 5.75 Å². The van der Waals surface area contributed by atoms with Crippen molar-refractivity contribution in [3.05, 3.63) is 30.3 Å². The Balaban J connectivity index is 2.38. The molecule has 0 amide bonds. The van der Waals surface area contributed by atoms with Gasteiger partial charge in [-0.1, -0.05) is 18.2 Å². The molecule has 0 N–H and O–H groups in total. The first-order valence-corrected chi connectivity index (χ1v) is 3.80. The molecule has 0 unspecified atom stereocenters. The molecule has 0 saturated heterocycles. The Morgan fingerprint density at radius 1 is 1.07 bits per heavy atom. The fraction of sp³-hybridized carbons (Fsp3) is 0.111. The van der Waals surface area contributed by atoms with Crippen molar-refractivity contribution < 1.29 is 24.1 Å². The molecule has 0 aromatic heterocycles. The molecule has 1 aromatic rings. The van der Waals surface area contributed by atoms with E-state index in [9.17, 15) is 9.59 Å². The fourth-order valence-electron chi connectivity index (χ4n) is 0.694. The lowest BCUT2D eigenvalue weighted by molar-refractivity contribution is -0.236. The van der Waals surface area contributed by atoms with E-state index >= 15 is 0 Å². The lowest BCUT2D eigenvalue weighted by Gasteiger charge is -2.01. The van der Waals surface area contributed by atoms with Crippen molar-refractivity contribution in [2.75, 3.05) is 0 Å². The van der Waals surface area contributed by atoms with E-state index in [1.807, 2.05) is 0 Å². The minimum absolute atomic E-state index is 0.310. The highest BCUT2D eigenvalue weighted by Gasteiger charge is 2.08. The normalized spacial score (nSPS) is 8.93. The number of carbonyl (C=O) groups excluding carboxylic acids is 2. The molecule has 0 bridgehead atoms. The van der Waals surface area contributed by atoms with E-state index in [2.05, 4.69) is 14.5 Å². The summed E-state index contributed by atoms with van der Waals surface area (Å²) in [5.41, 5.74) is 0. The zero-order valence-corrected chi connectivity index (χ0v) is 7.43. The summed E-state index contributed by atoms with van der Waals surface area (Å²) in [6, 6.07) is 8.28. The van der Waals surface area contributed by atoms with Crippen molar-refractivity contribution in [3.63, 3.8) is 0 Å². The minimum atomic E-state index is -1.09. The number of carbonyl (C=O) groups is 2. The minimum Gasteiger partial charge on any atom is -0.393 e. The van der Waals surface area contributed by atoms with Gasteiger partial charge >= 0.3 is 12.1 Å². The monoisotopic (exact) mass is 196 g/mol. The average Bonchev–Trinajstić information content (AvgIpc) is 2.16. The standard InChI is InChI=1S/C9H8O5/c1-7(10)13-14-9(11)12-8-5-3-2-4-6-8/h2-6H,1H3. The quantitative estimate of drug-likeness (QED) is 0.296. The molecule has 74 valence electrons. The van der Waals surface area contributed by atoms with E-state index in [1.165, 1.54) is 0 Å². The van der Waals surface area contributed by atoms with Gasteiger partial charge in [-0.2, -0.15) is 4.79 Å². The van der Waals surface area contributed by atoms with Crippen molar-refractivity contribution in [2.24, 2.45) is 0 Å². The van der Waals surface area contributed by atoms with Crippen LogP contribution >= 0.6 is 0 Å². The molecule has 1 aromatic carbocycles. The molecule has 5 nitrogen and oxygen atoms in total. The third kappa shape index (κ3) is 3.57. The van der Waals surface area contributed by atoms with E-state index in [4.69, 9.17) is 0 Å². The maximum atomic E-state index is 10.8. The number of benzene rings is 1. The van der Waals surface area contributed by atoms with Gasteiger partial charge in [0, 0.05) is 6.92 Å². The fourth-order valence-corrected chi connectivity index (χ4v) is 0.694. The molecule has 0 radical (unpaired) electrons. The van der Waals surface area contributed by atoms with E-state index in [0.29, 0.717) is 5.75 Å². The summed E-state index contributed by atoms with van der Waals surface area (Å²) in [6.07, 6.45) is -1.09. The van der Waals surface area contributed by atoms with Gasteiger partial charge in [0.2, 0.25) is 0 Å². The van der Waals surface area contributed by atoms with Crippen molar-refractivity contribution in [1.29, 1.82) is 0 Å². The SMILES string of the molecule is CC(=O)OOC(=O)Oc1ccccc1. The Hall–Kier alpha value is -2.04. The molecule has 14 heavy (non-hydrogen) atoms. The molecule has 0 saturated carbocycles. The predicted molar refractivity (Wildman–Crippen MR) is 45.3 cm³/mol. The summed E-state index contributed by atoms with van der Waals surface area (Å²) < 4.78 is 4.63.